The number of rotatable bonds is 0. The molecule has 0 saturated heterocycles. The van der Waals surface area contributed by atoms with Gasteiger partial charge in [-0.3, -0.25) is 10.3 Å². The summed E-state index contributed by atoms with van der Waals surface area (Å²) in [5.74, 6) is 0.283. The summed E-state index contributed by atoms with van der Waals surface area (Å²) in [5, 5.41) is 7.47. The average Bonchev–Trinajstić information content (AvgIpc) is 2.48. The summed E-state index contributed by atoms with van der Waals surface area (Å²) >= 11 is 0. The standard InChI is InChI=1S/C6H5N5O/c1-11-4(7)3-5(9-2-8-3)10-6(11)12/h2,7H,1H3. The van der Waals surface area contributed by atoms with E-state index in [2.05, 4.69) is 15.0 Å². The number of carbonyl (C=O) groups is 1. The zero-order chi connectivity index (χ0) is 8.72. The fourth-order valence-electron chi connectivity index (χ4n) is 0.929. The molecule has 0 fully saturated rings. The smallest absolute Gasteiger partial charge is 0.282 e. The Morgan fingerprint density at radius 1 is 1.58 bits per heavy atom. The van der Waals surface area contributed by atoms with Crippen LogP contribution in [0, 0.1) is 5.41 Å². The van der Waals surface area contributed by atoms with Crippen molar-refractivity contribution in [3.63, 3.8) is 0 Å². The van der Waals surface area contributed by atoms with Crippen LogP contribution in [0.25, 0.3) is 0 Å². The fraction of sp³-hybridized carbons (Fsp3) is 0.167. The minimum absolute atomic E-state index is 0.0440. The van der Waals surface area contributed by atoms with Crippen LogP contribution in [0.5, 0.6) is 0 Å². The molecule has 6 heteroatoms. The quantitative estimate of drug-likeness (QED) is 0.532. The zero-order valence-electron chi connectivity index (χ0n) is 6.27. The van der Waals surface area contributed by atoms with Crippen LogP contribution in [0.3, 0.4) is 0 Å². The van der Waals surface area contributed by atoms with Crippen molar-refractivity contribution in [3.05, 3.63) is 0 Å². The molecule has 2 rings (SSSR count). The van der Waals surface area contributed by atoms with E-state index in [-0.39, 0.29) is 11.7 Å². The molecule has 0 aromatic rings. The Morgan fingerprint density at radius 3 is 3.08 bits per heavy atom. The number of hydrogen-bond donors (Lipinski definition) is 1. The molecule has 0 unspecified atom stereocenters. The first-order chi connectivity index (χ1) is 5.70. The maximum absolute atomic E-state index is 11.0. The van der Waals surface area contributed by atoms with Crippen molar-refractivity contribution in [1.29, 1.82) is 5.41 Å². The molecular formula is C6H5N5O. The Bertz CT molecular complexity index is 364. The number of urea groups is 1. The van der Waals surface area contributed by atoms with Gasteiger partial charge in [0.25, 0.3) is 0 Å². The first-order valence-corrected chi connectivity index (χ1v) is 3.26. The largest absolute Gasteiger partial charge is 0.351 e. The summed E-state index contributed by atoms with van der Waals surface area (Å²) in [4.78, 5) is 23.3. The fourth-order valence-corrected chi connectivity index (χ4v) is 0.929. The van der Waals surface area contributed by atoms with Gasteiger partial charge >= 0.3 is 6.03 Å². The van der Waals surface area contributed by atoms with Gasteiger partial charge in [0.05, 0.1) is 0 Å². The summed E-state index contributed by atoms with van der Waals surface area (Å²) in [7, 11) is 1.48. The van der Waals surface area contributed by atoms with E-state index in [0.717, 1.165) is 4.90 Å². The molecule has 2 aliphatic heterocycles. The summed E-state index contributed by atoms with van der Waals surface area (Å²) in [6, 6.07) is -0.479. The topological polar surface area (TPSA) is 81.2 Å². The van der Waals surface area contributed by atoms with Gasteiger partial charge in [-0.1, -0.05) is 0 Å². The summed E-state index contributed by atoms with van der Waals surface area (Å²) in [6.07, 6.45) is 1.29. The summed E-state index contributed by atoms with van der Waals surface area (Å²) in [6.45, 7) is 0. The molecule has 2 aliphatic rings. The van der Waals surface area contributed by atoms with E-state index < -0.39 is 6.03 Å². The number of carbonyl (C=O) groups excluding carboxylic acids is 1. The molecule has 0 radical (unpaired) electrons. The van der Waals surface area contributed by atoms with Gasteiger partial charge in [-0.25, -0.2) is 14.8 Å². The van der Waals surface area contributed by atoms with E-state index in [4.69, 9.17) is 5.41 Å². The van der Waals surface area contributed by atoms with E-state index in [1.165, 1.54) is 13.4 Å². The van der Waals surface area contributed by atoms with E-state index in [9.17, 15) is 4.79 Å². The average molecular weight is 163 g/mol. The molecule has 0 saturated carbocycles. The number of hydrogen-bond acceptors (Lipinski definition) is 4. The second-order valence-electron chi connectivity index (χ2n) is 2.35. The lowest BCUT2D eigenvalue weighted by Crippen LogP contribution is -2.42. The van der Waals surface area contributed by atoms with Crippen LogP contribution in [0.4, 0.5) is 4.79 Å². The number of aliphatic imine (C=N–C) groups is 3. The second kappa shape index (κ2) is 2.07. The van der Waals surface area contributed by atoms with Crippen LogP contribution in [-0.2, 0) is 0 Å². The zero-order valence-corrected chi connectivity index (χ0v) is 6.27. The van der Waals surface area contributed by atoms with Crippen molar-refractivity contribution in [1.82, 2.24) is 4.90 Å². The van der Waals surface area contributed by atoms with E-state index >= 15 is 0 Å². The third kappa shape index (κ3) is 0.714. The molecule has 6 nitrogen and oxygen atoms in total. The Labute approximate surface area is 67.8 Å². The lowest BCUT2D eigenvalue weighted by atomic mass is 10.2. The maximum atomic E-state index is 11.0. The predicted molar refractivity (Wildman–Crippen MR) is 44.2 cm³/mol. The minimum atomic E-state index is -0.479. The molecule has 1 N–H and O–H groups in total. The number of fused-ring (bicyclic) bond motifs is 1. The molecule has 2 heterocycles. The lowest BCUT2D eigenvalue weighted by molar-refractivity contribution is 0.236. The Hall–Kier alpha value is -1.85. The molecule has 12 heavy (non-hydrogen) atoms. The van der Waals surface area contributed by atoms with Crippen LogP contribution in [0.2, 0.25) is 0 Å². The van der Waals surface area contributed by atoms with Crippen molar-refractivity contribution in [3.8, 4) is 0 Å². The van der Waals surface area contributed by atoms with Gasteiger partial charge in [0.1, 0.15) is 6.34 Å². The van der Waals surface area contributed by atoms with Crippen LogP contribution in [-0.4, -0.2) is 41.7 Å². The van der Waals surface area contributed by atoms with Crippen molar-refractivity contribution < 1.29 is 4.79 Å². The van der Waals surface area contributed by atoms with Crippen LogP contribution < -0.4 is 0 Å². The van der Waals surface area contributed by atoms with Crippen molar-refractivity contribution in [2.24, 2.45) is 15.0 Å². The third-order valence-corrected chi connectivity index (χ3v) is 1.63. The molecule has 0 spiro atoms. The van der Waals surface area contributed by atoms with Gasteiger partial charge in [0.15, 0.2) is 17.4 Å². The van der Waals surface area contributed by atoms with Gasteiger partial charge in [-0.15, -0.1) is 0 Å². The van der Waals surface area contributed by atoms with Gasteiger partial charge in [0.2, 0.25) is 0 Å². The molecule has 0 atom stereocenters. The molecule has 0 aliphatic carbocycles. The van der Waals surface area contributed by atoms with Crippen molar-refractivity contribution in [2.45, 2.75) is 0 Å². The van der Waals surface area contributed by atoms with Crippen LogP contribution in [0.15, 0.2) is 15.0 Å². The normalized spacial score (nSPS) is 20.9. The molecule has 0 aromatic heterocycles. The van der Waals surface area contributed by atoms with Gasteiger partial charge < -0.3 is 0 Å². The highest BCUT2D eigenvalue weighted by atomic mass is 16.2. The summed E-state index contributed by atoms with van der Waals surface area (Å²) < 4.78 is 0. The third-order valence-electron chi connectivity index (χ3n) is 1.63. The summed E-state index contributed by atoms with van der Waals surface area (Å²) in [5.41, 5.74) is 0.358. The SMILES string of the molecule is CN1C(=N)C2=NC=NC2=NC1=O. The second-order valence-corrected chi connectivity index (χ2v) is 2.35. The Kier molecular flexibility index (Phi) is 1.18. The predicted octanol–water partition coefficient (Wildman–Crippen LogP) is -0.0895. The van der Waals surface area contributed by atoms with Crippen molar-refractivity contribution >= 4 is 29.8 Å². The Morgan fingerprint density at radius 2 is 2.33 bits per heavy atom. The van der Waals surface area contributed by atoms with Gasteiger partial charge in [-0.05, 0) is 0 Å². The van der Waals surface area contributed by atoms with E-state index in [1.54, 1.807) is 0 Å². The maximum Gasteiger partial charge on any atom is 0.351 e. The lowest BCUT2D eigenvalue weighted by Gasteiger charge is -2.18. The van der Waals surface area contributed by atoms with E-state index in [0.29, 0.717) is 5.71 Å². The highest BCUT2D eigenvalue weighted by molar-refractivity contribution is 6.72. The molecule has 2 amide bonds. The van der Waals surface area contributed by atoms with Crippen LogP contribution in [0.1, 0.15) is 0 Å². The van der Waals surface area contributed by atoms with Gasteiger partial charge in [-0.2, -0.15) is 4.99 Å². The minimum Gasteiger partial charge on any atom is -0.282 e. The molecule has 0 aromatic carbocycles. The first kappa shape index (κ1) is 6.84. The number of nitrogens with one attached hydrogen (secondary N) is 1. The number of nitrogens with zero attached hydrogens (tertiary/aromatic N) is 4. The Balaban J connectivity index is 2.54. The monoisotopic (exact) mass is 163 g/mol. The van der Waals surface area contributed by atoms with Crippen LogP contribution >= 0.6 is 0 Å². The number of amides is 2. The van der Waals surface area contributed by atoms with E-state index in [1.807, 2.05) is 0 Å². The van der Waals surface area contributed by atoms with Gasteiger partial charge in [0, 0.05) is 7.05 Å². The molecule has 60 valence electrons. The first-order valence-electron chi connectivity index (χ1n) is 3.26. The molecular weight excluding hydrogens is 158 g/mol. The highest BCUT2D eigenvalue weighted by Crippen LogP contribution is 2.07. The molecule has 0 bridgehead atoms. The number of amidine groups is 2. The van der Waals surface area contributed by atoms with Crippen molar-refractivity contribution in [2.75, 3.05) is 7.05 Å². The highest BCUT2D eigenvalue weighted by Gasteiger charge is 2.29.